The van der Waals surface area contributed by atoms with Crippen LogP contribution in [0.4, 0.5) is 5.69 Å². The van der Waals surface area contributed by atoms with Crippen LogP contribution in [0.3, 0.4) is 0 Å². The first-order chi connectivity index (χ1) is 11.5. The number of benzene rings is 2. The van der Waals surface area contributed by atoms with Crippen molar-refractivity contribution in [2.75, 3.05) is 4.72 Å². The third-order valence-corrected chi connectivity index (χ3v) is 5.63. The summed E-state index contributed by atoms with van der Waals surface area (Å²) in [5.41, 5.74) is 0.475. The molecule has 0 radical (unpaired) electrons. The molecule has 132 valence electrons. The van der Waals surface area contributed by atoms with E-state index >= 15 is 0 Å². The predicted octanol–water partition coefficient (Wildman–Crippen LogP) is 4.78. The number of sulfonamides is 1. The Morgan fingerprint density at radius 2 is 1.88 bits per heavy atom. The lowest BCUT2D eigenvalue weighted by atomic mass is 9.86. The van der Waals surface area contributed by atoms with Gasteiger partial charge in [-0.3, -0.25) is 4.72 Å². The van der Waals surface area contributed by atoms with Crippen LogP contribution in [0, 0.1) is 11.3 Å². The summed E-state index contributed by atoms with van der Waals surface area (Å²) in [6, 6.07) is 9.14. The van der Waals surface area contributed by atoms with Crippen molar-refractivity contribution < 1.29 is 13.5 Å². The summed E-state index contributed by atoms with van der Waals surface area (Å²) in [4.78, 5) is -0.257. The fourth-order valence-corrected chi connectivity index (χ4v) is 4.34. The number of anilines is 1. The van der Waals surface area contributed by atoms with E-state index in [1.807, 2.05) is 26.8 Å². The van der Waals surface area contributed by atoms with Gasteiger partial charge in [-0.05, 0) is 35.7 Å². The van der Waals surface area contributed by atoms with Gasteiger partial charge in [0.1, 0.15) is 10.6 Å². The molecule has 2 N–H and O–H groups in total. The Morgan fingerprint density at radius 1 is 1.24 bits per heavy atom. The molecule has 0 heterocycles. The SMILES string of the molecule is CC(C)(C)c1cc(Br)cc(S(=O)(=O)Nc2ccc(C#N)cc2Cl)c1O. The number of hydrogen-bond donors (Lipinski definition) is 2. The highest BCUT2D eigenvalue weighted by atomic mass is 79.9. The van der Waals surface area contributed by atoms with E-state index in [4.69, 9.17) is 16.9 Å². The van der Waals surface area contributed by atoms with E-state index in [1.165, 1.54) is 24.3 Å². The molecule has 0 bridgehead atoms. The first-order valence-electron chi connectivity index (χ1n) is 7.21. The van der Waals surface area contributed by atoms with Crippen molar-refractivity contribution in [2.24, 2.45) is 0 Å². The number of nitriles is 1. The van der Waals surface area contributed by atoms with Crippen LogP contribution in [0.25, 0.3) is 0 Å². The van der Waals surface area contributed by atoms with Crippen molar-refractivity contribution in [2.45, 2.75) is 31.1 Å². The predicted molar refractivity (Wildman–Crippen MR) is 101 cm³/mol. The molecule has 2 aromatic rings. The number of halogens is 2. The molecule has 2 rings (SSSR count). The summed E-state index contributed by atoms with van der Waals surface area (Å²) < 4.78 is 28.4. The zero-order valence-electron chi connectivity index (χ0n) is 13.8. The van der Waals surface area contributed by atoms with Crippen LogP contribution in [-0.4, -0.2) is 13.5 Å². The minimum Gasteiger partial charge on any atom is -0.506 e. The molecule has 0 atom stereocenters. The van der Waals surface area contributed by atoms with E-state index in [1.54, 1.807) is 6.07 Å². The van der Waals surface area contributed by atoms with Crippen LogP contribution in [-0.2, 0) is 15.4 Å². The van der Waals surface area contributed by atoms with Crippen LogP contribution in [0.2, 0.25) is 5.02 Å². The van der Waals surface area contributed by atoms with Gasteiger partial charge in [-0.25, -0.2) is 8.42 Å². The van der Waals surface area contributed by atoms with Gasteiger partial charge in [0.2, 0.25) is 0 Å². The van der Waals surface area contributed by atoms with Crippen LogP contribution in [0.5, 0.6) is 5.75 Å². The van der Waals surface area contributed by atoms with Gasteiger partial charge in [-0.2, -0.15) is 5.26 Å². The molecule has 0 aliphatic rings. The van der Waals surface area contributed by atoms with Gasteiger partial charge in [0.05, 0.1) is 22.3 Å². The van der Waals surface area contributed by atoms with Crippen molar-refractivity contribution in [3.8, 4) is 11.8 Å². The number of hydrogen-bond acceptors (Lipinski definition) is 4. The highest BCUT2D eigenvalue weighted by molar-refractivity contribution is 9.10. The quantitative estimate of drug-likeness (QED) is 0.714. The maximum Gasteiger partial charge on any atom is 0.265 e. The van der Waals surface area contributed by atoms with Gasteiger partial charge in [-0.1, -0.05) is 48.3 Å². The van der Waals surface area contributed by atoms with E-state index in [9.17, 15) is 13.5 Å². The molecule has 0 amide bonds. The van der Waals surface area contributed by atoms with E-state index in [-0.39, 0.29) is 21.4 Å². The minimum absolute atomic E-state index is 0.0909. The average molecular weight is 444 g/mol. The number of aromatic hydroxyl groups is 1. The maximum atomic E-state index is 12.7. The van der Waals surface area contributed by atoms with E-state index < -0.39 is 15.4 Å². The van der Waals surface area contributed by atoms with E-state index in [2.05, 4.69) is 20.7 Å². The molecule has 0 unspecified atom stereocenters. The number of nitrogens with one attached hydrogen (secondary N) is 1. The van der Waals surface area contributed by atoms with Gasteiger partial charge >= 0.3 is 0 Å². The number of phenolic OH excluding ortho intramolecular Hbond substituents is 1. The largest absolute Gasteiger partial charge is 0.506 e. The van der Waals surface area contributed by atoms with Gasteiger partial charge in [0.25, 0.3) is 10.0 Å². The average Bonchev–Trinajstić information content (AvgIpc) is 2.49. The molecule has 8 heteroatoms. The van der Waals surface area contributed by atoms with Crippen molar-refractivity contribution in [1.82, 2.24) is 0 Å². The molecule has 0 fully saturated rings. The van der Waals surface area contributed by atoms with Crippen LogP contribution < -0.4 is 4.72 Å². The van der Waals surface area contributed by atoms with E-state index in [0.29, 0.717) is 15.6 Å². The summed E-state index contributed by atoms with van der Waals surface area (Å²) in [5.74, 6) is -0.312. The Bertz CT molecular complexity index is 977. The second kappa shape index (κ2) is 6.87. The van der Waals surface area contributed by atoms with Crippen LogP contribution in [0.1, 0.15) is 31.9 Å². The lowest BCUT2D eigenvalue weighted by Crippen LogP contribution is -2.17. The fourth-order valence-electron chi connectivity index (χ4n) is 2.22. The molecular formula is C17H16BrClN2O3S. The Hall–Kier alpha value is -1.75. The Labute approximate surface area is 160 Å². The van der Waals surface area contributed by atoms with Crippen LogP contribution in [0.15, 0.2) is 39.7 Å². The van der Waals surface area contributed by atoms with Crippen molar-refractivity contribution >= 4 is 43.2 Å². The zero-order chi connectivity index (χ0) is 19.0. The van der Waals surface area contributed by atoms with Gasteiger partial charge in [0, 0.05) is 10.0 Å². The lowest BCUT2D eigenvalue weighted by molar-refractivity contribution is 0.432. The fraction of sp³-hybridized carbons (Fsp3) is 0.235. The first kappa shape index (κ1) is 19.6. The molecule has 0 aliphatic carbocycles. The molecule has 0 spiro atoms. The Morgan fingerprint density at radius 3 is 2.40 bits per heavy atom. The van der Waals surface area contributed by atoms with Crippen molar-refractivity contribution in [3.05, 3.63) is 51.0 Å². The van der Waals surface area contributed by atoms with Crippen LogP contribution >= 0.6 is 27.5 Å². The Balaban J connectivity index is 2.55. The molecule has 2 aromatic carbocycles. The van der Waals surface area contributed by atoms with Gasteiger partial charge in [-0.15, -0.1) is 0 Å². The molecule has 25 heavy (non-hydrogen) atoms. The molecule has 0 aromatic heterocycles. The number of rotatable bonds is 3. The lowest BCUT2D eigenvalue weighted by Gasteiger charge is -2.22. The number of nitrogens with zero attached hydrogens (tertiary/aromatic N) is 1. The minimum atomic E-state index is -4.09. The summed E-state index contributed by atoms with van der Waals surface area (Å²) in [7, 11) is -4.09. The van der Waals surface area contributed by atoms with E-state index in [0.717, 1.165) is 0 Å². The van der Waals surface area contributed by atoms with Gasteiger partial charge < -0.3 is 5.11 Å². The molecule has 0 saturated heterocycles. The zero-order valence-corrected chi connectivity index (χ0v) is 16.9. The summed E-state index contributed by atoms with van der Waals surface area (Å²) >= 11 is 9.31. The molecule has 0 aliphatic heterocycles. The first-order valence-corrected chi connectivity index (χ1v) is 9.86. The van der Waals surface area contributed by atoms with Crippen molar-refractivity contribution in [1.29, 1.82) is 5.26 Å². The molecule has 0 saturated carbocycles. The second-order valence-electron chi connectivity index (χ2n) is 6.46. The molecular weight excluding hydrogens is 428 g/mol. The number of phenols is 1. The summed E-state index contributed by atoms with van der Waals surface area (Å²) in [6.07, 6.45) is 0. The normalized spacial score (nSPS) is 11.8. The third kappa shape index (κ3) is 4.27. The van der Waals surface area contributed by atoms with Gasteiger partial charge in [0.15, 0.2) is 0 Å². The highest BCUT2D eigenvalue weighted by Crippen LogP contribution is 2.39. The third-order valence-electron chi connectivity index (χ3n) is 3.48. The summed E-state index contributed by atoms with van der Waals surface area (Å²) in [5, 5.41) is 19.4. The summed E-state index contributed by atoms with van der Waals surface area (Å²) in [6.45, 7) is 5.61. The maximum absolute atomic E-state index is 12.7. The highest BCUT2D eigenvalue weighted by Gasteiger charge is 2.27. The molecule has 5 nitrogen and oxygen atoms in total. The Kier molecular flexibility index (Phi) is 5.38. The smallest absolute Gasteiger partial charge is 0.265 e. The second-order valence-corrected chi connectivity index (χ2v) is 9.44. The monoisotopic (exact) mass is 442 g/mol. The standard InChI is InChI=1S/C17H16BrClN2O3S/c1-17(2,3)12-7-11(18)8-15(16(12)22)25(23,24)21-14-5-4-10(9-20)6-13(14)19/h4-8,21-22H,1-3H3. The topological polar surface area (TPSA) is 90.2 Å². The van der Waals surface area contributed by atoms with Crippen molar-refractivity contribution in [3.63, 3.8) is 0 Å².